The van der Waals surface area contributed by atoms with Gasteiger partial charge in [-0.2, -0.15) is 0 Å². The van der Waals surface area contributed by atoms with Crippen molar-refractivity contribution < 1.29 is 18.4 Å². The Morgan fingerprint density at radius 3 is 2.45 bits per heavy atom. The number of likely N-dealkylation sites (tertiary alicyclic amines) is 1. The minimum atomic E-state index is -0.766. The molecule has 1 fully saturated rings. The van der Waals surface area contributed by atoms with E-state index in [2.05, 4.69) is 5.32 Å². The molecule has 1 aliphatic rings. The molecule has 0 radical (unpaired) electrons. The summed E-state index contributed by atoms with van der Waals surface area (Å²) in [5.41, 5.74) is 0.152. The minimum absolute atomic E-state index is 0.00130. The lowest BCUT2D eigenvalue weighted by Crippen LogP contribution is -2.40. The highest BCUT2D eigenvalue weighted by Crippen LogP contribution is 2.22. The van der Waals surface area contributed by atoms with Gasteiger partial charge in [0.1, 0.15) is 17.7 Å². The Labute approximate surface area is 115 Å². The number of hydrogen-bond donors (Lipinski definition) is 1. The first kappa shape index (κ1) is 14.4. The highest BCUT2D eigenvalue weighted by molar-refractivity contribution is 6.07. The van der Waals surface area contributed by atoms with Gasteiger partial charge in [0, 0.05) is 17.8 Å². The van der Waals surface area contributed by atoms with Gasteiger partial charge in [-0.1, -0.05) is 6.92 Å². The number of nitrogens with one attached hydrogen (secondary N) is 1. The van der Waals surface area contributed by atoms with Crippen LogP contribution < -0.4 is 5.32 Å². The van der Waals surface area contributed by atoms with Gasteiger partial charge in [-0.15, -0.1) is 0 Å². The average molecular weight is 282 g/mol. The van der Waals surface area contributed by atoms with Gasteiger partial charge in [-0.3, -0.25) is 14.5 Å². The Morgan fingerprint density at radius 1 is 1.30 bits per heavy atom. The maximum Gasteiger partial charge on any atom is 0.252 e. The second-order valence-electron chi connectivity index (χ2n) is 4.92. The van der Waals surface area contributed by atoms with E-state index in [-0.39, 0.29) is 30.0 Å². The summed E-state index contributed by atoms with van der Waals surface area (Å²) in [4.78, 5) is 25.2. The van der Waals surface area contributed by atoms with Crippen LogP contribution in [0.15, 0.2) is 18.2 Å². The van der Waals surface area contributed by atoms with Gasteiger partial charge < -0.3 is 5.32 Å². The second-order valence-corrected chi connectivity index (χ2v) is 4.92. The van der Waals surface area contributed by atoms with Crippen LogP contribution in [0.5, 0.6) is 0 Å². The fourth-order valence-corrected chi connectivity index (χ4v) is 2.25. The van der Waals surface area contributed by atoms with Crippen LogP contribution >= 0.6 is 0 Å². The van der Waals surface area contributed by atoms with E-state index in [9.17, 15) is 18.4 Å². The van der Waals surface area contributed by atoms with Crippen LogP contribution in [0.4, 0.5) is 14.5 Å². The Kier molecular flexibility index (Phi) is 4.01. The molecule has 6 heteroatoms. The molecule has 2 rings (SSSR count). The van der Waals surface area contributed by atoms with Crippen molar-refractivity contribution in [1.29, 1.82) is 0 Å². The van der Waals surface area contributed by atoms with Gasteiger partial charge in [0.15, 0.2) is 0 Å². The summed E-state index contributed by atoms with van der Waals surface area (Å²) in [6.07, 6.45) is 0.667. The summed E-state index contributed by atoms with van der Waals surface area (Å²) < 4.78 is 26.2. The zero-order valence-electron chi connectivity index (χ0n) is 11.3. The van der Waals surface area contributed by atoms with Crippen molar-refractivity contribution in [3.63, 3.8) is 0 Å². The number of amides is 2. The third-order valence-corrected chi connectivity index (χ3v) is 3.42. The summed E-state index contributed by atoms with van der Waals surface area (Å²) >= 11 is 0. The minimum Gasteiger partial charge on any atom is -0.373 e. The molecule has 1 saturated heterocycles. The van der Waals surface area contributed by atoms with E-state index in [0.717, 1.165) is 18.2 Å². The van der Waals surface area contributed by atoms with Crippen molar-refractivity contribution in [1.82, 2.24) is 4.90 Å². The molecule has 2 amide bonds. The third kappa shape index (κ3) is 2.79. The number of carbonyl (C=O) groups excluding carboxylic acids is 2. The predicted octanol–water partition coefficient (Wildman–Crippen LogP) is 2.30. The second kappa shape index (κ2) is 5.56. The largest absolute Gasteiger partial charge is 0.373 e. The highest BCUT2D eigenvalue weighted by atomic mass is 19.1. The molecular weight excluding hydrogens is 266 g/mol. The van der Waals surface area contributed by atoms with Crippen molar-refractivity contribution in [2.75, 3.05) is 5.32 Å². The summed E-state index contributed by atoms with van der Waals surface area (Å²) in [5.74, 6) is -2.08. The van der Waals surface area contributed by atoms with Crippen LogP contribution in [0.1, 0.15) is 26.7 Å². The van der Waals surface area contributed by atoms with Crippen molar-refractivity contribution in [3.8, 4) is 0 Å². The van der Waals surface area contributed by atoms with E-state index in [1.807, 2.05) is 6.92 Å². The molecule has 0 aromatic heterocycles. The first-order valence-electron chi connectivity index (χ1n) is 6.51. The van der Waals surface area contributed by atoms with E-state index in [0.29, 0.717) is 6.42 Å². The van der Waals surface area contributed by atoms with Gasteiger partial charge in [0.05, 0.1) is 6.42 Å². The third-order valence-electron chi connectivity index (χ3n) is 3.42. The average Bonchev–Trinajstić information content (AvgIpc) is 2.62. The lowest BCUT2D eigenvalue weighted by molar-refractivity contribution is -0.140. The van der Waals surface area contributed by atoms with Gasteiger partial charge in [-0.25, -0.2) is 8.78 Å². The van der Waals surface area contributed by atoms with Gasteiger partial charge in [0.2, 0.25) is 5.91 Å². The number of halogens is 2. The van der Waals surface area contributed by atoms with Gasteiger partial charge in [-0.05, 0) is 25.5 Å². The quantitative estimate of drug-likeness (QED) is 0.862. The molecule has 2 unspecified atom stereocenters. The number of imide groups is 1. The van der Waals surface area contributed by atoms with Crippen LogP contribution in [0.2, 0.25) is 0 Å². The Bertz CT molecular complexity index is 528. The Balaban J connectivity index is 2.15. The number of rotatable bonds is 4. The topological polar surface area (TPSA) is 49.4 Å². The molecule has 1 aliphatic heterocycles. The molecule has 4 nitrogen and oxygen atoms in total. The molecule has 0 saturated carbocycles. The Hall–Kier alpha value is -1.98. The number of carbonyl (C=O) groups is 2. The van der Waals surface area contributed by atoms with E-state index >= 15 is 0 Å². The molecular formula is C14H16F2N2O2. The monoisotopic (exact) mass is 282 g/mol. The van der Waals surface area contributed by atoms with Crippen LogP contribution in [0.3, 0.4) is 0 Å². The fraction of sp³-hybridized carbons (Fsp3) is 0.429. The normalized spacial score (nSPS) is 20.4. The lowest BCUT2D eigenvalue weighted by Gasteiger charge is -2.21. The predicted molar refractivity (Wildman–Crippen MR) is 70.0 cm³/mol. The molecule has 108 valence electrons. The van der Waals surface area contributed by atoms with Crippen LogP contribution in [0.25, 0.3) is 0 Å². The van der Waals surface area contributed by atoms with Crippen LogP contribution in [-0.2, 0) is 9.59 Å². The van der Waals surface area contributed by atoms with Gasteiger partial charge >= 0.3 is 0 Å². The zero-order chi connectivity index (χ0) is 14.9. The Morgan fingerprint density at radius 2 is 1.90 bits per heavy atom. The lowest BCUT2D eigenvalue weighted by atomic mass is 10.2. The molecule has 1 heterocycles. The van der Waals surface area contributed by atoms with Crippen molar-refractivity contribution >= 4 is 17.5 Å². The molecule has 0 aliphatic carbocycles. The number of hydrogen-bond acceptors (Lipinski definition) is 3. The SMILES string of the molecule is CCC(C)N1C(=O)CC(Nc2cc(F)cc(F)c2)C1=O. The molecule has 0 spiro atoms. The summed E-state index contributed by atoms with van der Waals surface area (Å²) in [5, 5.41) is 2.72. The molecule has 20 heavy (non-hydrogen) atoms. The number of nitrogens with zero attached hydrogens (tertiary/aromatic N) is 1. The standard InChI is InChI=1S/C14H16F2N2O2/c1-3-8(2)18-13(19)7-12(14(18)20)17-11-5-9(15)4-10(16)6-11/h4-6,8,12,17H,3,7H2,1-2H3. The van der Waals surface area contributed by atoms with Crippen molar-refractivity contribution in [2.45, 2.75) is 38.8 Å². The number of anilines is 1. The van der Waals surface area contributed by atoms with E-state index < -0.39 is 17.7 Å². The summed E-state index contributed by atoms with van der Waals surface area (Å²) in [6.45, 7) is 3.67. The first-order chi connectivity index (χ1) is 9.42. The summed E-state index contributed by atoms with van der Waals surface area (Å²) in [6, 6.07) is 1.99. The van der Waals surface area contributed by atoms with Crippen LogP contribution in [-0.4, -0.2) is 28.8 Å². The molecule has 1 N–H and O–H groups in total. The molecule has 0 bridgehead atoms. The summed E-state index contributed by atoms with van der Waals surface area (Å²) in [7, 11) is 0. The molecule has 1 aromatic rings. The maximum atomic E-state index is 13.1. The van der Waals surface area contributed by atoms with Gasteiger partial charge in [0.25, 0.3) is 5.91 Å². The molecule has 1 aromatic carbocycles. The van der Waals surface area contributed by atoms with Crippen molar-refractivity contribution in [3.05, 3.63) is 29.8 Å². The van der Waals surface area contributed by atoms with E-state index in [1.165, 1.54) is 4.90 Å². The van der Waals surface area contributed by atoms with E-state index in [4.69, 9.17) is 0 Å². The molecule has 2 atom stereocenters. The smallest absolute Gasteiger partial charge is 0.252 e. The number of benzene rings is 1. The van der Waals surface area contributed by atoms with Crippen LogP contribution in [0, 0.1) is 11.6 Å². The maximum absolute atomic E-state index is 13.1. The highest BCUT2D eigenvalue weighted by Gasteiger charge is 2.40. The van der Waals surface area contributed by atoms with E-state index in [1.54, 1.807) is 6.92 Å². The zero-order valence-corrected chi connectivity index (χ0v) is 11.3. The fourth-order valence-electron chi connectivity index (χ4n) is 2.25. The first-order valence-corrected chi connectivity index (χ1v) is 6.51. The van der Waals surface area contributed by atoms with Crippen molar-refractivity contribution in [2.24, 2.45) is 0 Å².